The van der Waals surface area contributed by atoms with E-state index in [4.69, 9.17) is 11.6 Å². The van der Waals surface area contributed by atoms with Crippen LogP contribution in [0.3, 0.4) is 0 Å². The third-order valence-electron chi connectivity index (χ3n) is 3.79. The first kappa shape index (κ1) is 12.5. The average Bonchev–Trinajstić information content (AvgIpc) is 2.71. The van der Waals surface area contributed by atoms with Gasteiger partial charge in [-0.05, 0) is 43.5 Å². The van der Waals surface area contributed by atoms with Crippen LogP contribution in [0, 0.1) is 6.92 Å². The molecule has 0 saturated carbocycles. The molecule has 1 aromatic carbocycles. The van der Waals surface area contributed by atoms with Crippen LogP contribution in [-0.4, -0.2) is 10.4 Å². The Morgan fingerprint density at radius 2 is 1.95 bits per heavy atom. The van der Waals surface area contributed by atoms with E-state index in [0.29, 0.717) is 12.2 Å². The second-order valence-electron chi connectivity index (χ2n) is 5.14. The van der Waals surface area contributed by atoms with Crippen LogP contribution in [0.25, 0.3) is 0 Å². The largest absolute Gasteiger partial charge is 0.344 e. The van der Waals surface area contributed by atoms with Crippen LogP contribution < -0.4 is 0 Å². The molecule has 0 spiro atoms. The number of aromatic nitrogens is 1. The number of aryl methyl sites for hydroxylation is 1. The molecule has 3 heteroatoms. The molecule has 0 aliphatic heterocycles. The third-order valence-corrected chi connectivity index (χ3v) is 4.04. The fourth-order valence-electron chi connectivity index (χ4n) is 2.78. The van der Waals surface area contributed by atoms with Crippen LogP contribution in [0.5, 0.6) is 0 Å². The molecule has 98 valence electrons. The van der Waals surface area contributed by atoms with E-state index in [0.717, 1.165) is 35.7 Å². The number of ketones is 1. The normalized spacial score (nSPS) is 14.5. The summed E-state index contributed by atoms with van der Waals surface area (Å²) in [6, 6.07) is 9.94. The van der Waals surface area contributed by atoms with Crippen molar-refractivity contribution < 1.29 is 4.79 Å². The minimum absolute atomic E-state index is 0.291. The number of fused-ring (bicyclic) bond motifs is 1. The number of halogens is 1. The van der Waals surface area contributed by atoms with Gasteiger partial charge in [-0.1, -0.05) is 23.7 Å². The summed E-state index contributed by atoms with van der Waals surface area (Å²) in [7, 11) is 0. The molecule has 19 heavy (non-hydrogen) atoms. The maximum atomic E-state index is 11.9. The molecule has 2 aromatic rings. The molecule has 0 amide bonds. The molecule has 2 nitrogen and oxygen atoms in total. The predicted octanol–water partition coefficient (Wildman–Crippen LogP) is 4.02. The summed E-state index contributed by atoms with van der Waals surface area (Å²) < 4.78 is 2.26. The fraction of sp³-hybridized carbons (Fsp3) is 0.312. The summed E-state index contributed by atoms with van der Waals surface area (Å²) in [5.41, 5.74) is 4.50. The summed E-state index contributed by atoms with van der Waals surface area (Å²) in [6.07, 6.45) is 2.66. The quantitative estimate of drug-likeness (QED) is 0.810. The lowest BCUT2D eigenvalue weighted by molar-refractivity contribution is 0.0972. The molecule has 0 atom stereocenters. The molecular weight excluding hydrogens is 258 g/mol. The van der Waals surface area contributed by atoms with Gasteiger partial charge < -0.3 is 4.57 Å². The van der Waals surface area contributed by atoms with E-state index in [-0.39, 0.29) is 0 Å². The monoisotopic (exact) mass is 273 g/mol. The van der Waals surface area contributed by atoms with Crippen molar-refractivity contribution >= 4 is 17.4 Å². The highest BCUT2D eigenvalue weighted by Crippen LogP contribution is 2.26. The van der Waals surface area contributed by atoms with Gasteiger partial charge in [0, 0.05) is 34.9 Å². The molecule has 1 aromatic heterocycles. The van der Waals surface area contributed by atoms with Gasteiger partial charge in [0.25, 0.3) is 0 Å². The van der Waals surface area contributed by atoms with Gasteiger partial charge in [-0.25, -0.2) is 0 Å². The molecule has 0 fully saturated rings. The Bertz CT molecular complexity index is 625. The van der Waals surface area contributed by atoms with Crippen LogP contribution in [0.2, 0.25) is 5.02 Å². The van der Waals surface area contributed by atoms with Gasteiger partial charge >= 0.3 is 0 Å². The number of carbonyl (C=O) groups is 1. The van der Waals surface area contributed by atoms with Gasteiger partial charge in [0.05, 0.1) is 0 Å². The second kappa shape index (κ2) is 4.86. The van der Waals surface area contributed by atoms with Gasteiger partial charge in [-0.15, -0.1) is 0 Å². The summed E-state index contributed by atoms with van der Waals surface area (Å²) in [5.74, 6) is 0.291. The minimum Gasteiger partial charge on any atom is -0.344 e. The van der Waals surface area contributed by atoms with E-state index in [1.54, 1.807) is 0 Å². The second-order valence-corrected chi connectivity index (χ2v) is 5.57. The van der Waals surface area contributed by atoms with E-state index in [1.807, 2.05) is 30.3 Å². The fourth-order valence-corrected chi connectivity index (χ4v) is 2.91. The first-order valence-corrected chi connectivity index (χ1v) is 6.99. The van der Waals surface area contributed by atoms with Crippen LogP contribution in [0.1, 0.15) is 40.2 Å². The Balaban J connectivity index is 1.97. The Morgan fingerprint density at radius 3 is 2.68 bits per heavy atom. The van der Waals surface area contributed by atoms with Crippen molar-refractivity contribution in [1.29, 1.82) is 0 Å². The first-order chi connectivity index (χ1) is 9.15. The number of nitrogens with zero attached hydrogens (tertiary/aromatic N) is 1. The number of Topliss-reactive ketones (excluding diaryl/α,β-unsaturated/α-hetero) is 1. The van der Waals surface area contributed by atoms with E-state index in [9.17, 15) is 4.79 Å². The third kappa shape index (κ3) is 2.33. The number of carbonyl (C=O) groups excluding carboxylic acids is 1. The molecule has 0 radical (unpaired) electrons. The summed E-state index contributed by atoms with van der Waals surface area (Å²) in [5, 5.41) is 0.755. The van der Waals surface area contributed by atoms with Crippen LogP contribution in [-0.2, 0) is 13.0 Å². The lowest BCUT2D eigenvalue weighted by atomic mass is 9.96. The lowest BCUT2D eigenvalue weighted by Gasteiger charge is -2.16. The van der Waals surface area contributed by atoms with E-state index in [1.165, 1.54) is 11.3 Å². The Labute approximate surface area is 118 Å². The zero-order valence-electron chi connectivity index (χ0n) is 10.9. The highest BCUT2D eigenvalue weighted by atomic mass is 35.5. The lowest BCUT2D eigenvalue weighted by Crippen LogP contribution is -2.14. The van der Waals surface area contributed by atoms with Gasteiger partial charge in [0.1, 0.15) is 0 Å². The topological polar surface area (TPSA) is 22.0 Å². The van der Waals surface area contributed by atoms with Crippen molar-refractivity contribution in [2.24, 2.45) is 0 Å². The SMILES string of the molecule is Cc1cc2c(n1Cc1ccc(Cl)cc1)CCCC2=O. The average molecular weight is 274 g/mol. The summed E-state index contributed by atoms with van der Waals surface area (Å²) >= 11 is 5.91. The van der Waals surface area contributed by atoms with Crippen LogP contribution >= 0.6 is 11.6 Å². The molecule has 1 aliphatic rings. The van der Waals surface area contributed by atoms with Gasteiger partial charge in [0.2, 0.25) is 0 Å². The van der Waals surface area contributed by atoms with Crippen molar-refractivity contribution in [3.63, 3.8) is 0 Å². The molecule has 0 unspecified atom stereocenters. The van der Waals surface area contributed by atoms with Crippen molar-refractivity contribution in [2.45, 2.75) is 32.7 Å². The molecule has 1 aliphatic carbocycles. The van der Waals surface area contributed by atoms with E-state index >= 15 is 0 Å². The Hall–Kier alpha value is -1.54. The number of benzene rings is 1. The van der Waals surface area contributed by atoms with Crippen molar-refractivity contribution in [2.75, 3.05) is 0 Å². The maximum Gasteiger partial charge on any atom is 0.164 e. The first-order valence-electron chi connectivity index (χ1n) is 6.62. The van der Waals surface area contributed by atoms with Crippen LogP contribution in [0.15, 0.2) is 30.3 Å². The highest BCUT2D eigenvalue weighted by molar-refractivity contribution is 6.30. The smallest absolute Gasteiger partial charge is 0.164 e. The maximum absolute atomic E-state index is 11.9. The van der Waals surface area contributed by atoms with Gasteiger partial charge in [-0.2, -0.15) is 0 Å². The zero-order valence-corrected chi connectivity index (χ0v) is 11.7. The van der Waals surface area contributed by atoms with E-state index in [2.05, 4.69) is 11.5 Å². The van der Waals surface area contributed by atoms with E-state index < -0.39 is 0 Å². The van der Waals surface area contributed by atoms with Gasteiger partial charge in [-0.3, -0.25) is 4.79 Å². The molecule has 3 rings (SSSR count). The Morgan fingerprint density at radius 1 is 1.21 bits per heavy atom. The highest BCUT2D eigenvalue weighted by Gasteiger charge is 2.22. The Kier molecular flexibility index (Phi) is 3.19. The zero-order chi connectivity index (χ0) is 13.4. The number of hydrogen-bond donors (Lipinski definition) is 0. The summed E-state index contributed by atoms with van der Waals surface area (Å²) in [6.45, 7) is 2.88. The summed E-state index contributed by atoms with van der Waals surface area (Å²) in [4.78, 5) is 11.9. The molecular formula is C16H16ClNO. The standard InChI is InChI=1S/C16H16ClNO/c1-11-9-14-15(3-2-4-16(14)19)18(11)10-12-5-7-13(17)8-6-12/h5-9H,2-4,10H2,1H3. The van der Waals surface area contributed by atoms with Crippen molar-refractivity contribution in [3.8, 4) is 0 Å². The van der Waals surface area contributed by atoms with Gasteiger partial charge in [0.15, 0.2) is 5.78 Å². The molecule has 0 saturated heterocycles. The van der Waals surface area contributed by atoms with Crippen LogP contribution in [0.4, 0.5) is 0 Å². The predicted molar refractivity (Wildman–Crippen MR) is 77.0 cm³/mol. The molecule has 0 N–H and O–H groups in total. The number of hydrogen-bond acceptors (Lipinski definition) is 1. The molecule has 1 heterocycles. The van der Waals surface area contributed by atoms with Crippen molar-refractivity contribution in [1.82, 2.24) is 4.57 Å². The molecule has 0 bridgehead atoms. The minimum atomic E-state index is 0.291. The number of rotatable bonds is 2. The van der Waals surface area contributed by atoms with Crippen molar-refractivity contribution in [3.05, 3.63) is 57.9 Å².